The molecule has 0 atom stereocenters. The van der Waals surface area contributed by atoms with E-state index in [1.807, 2.05) is 0 Å². The van der Waals surface area contributed by atoms with Gasteiger partial charge in [-0.15, -0.1) is 0 Å². The van der Waals surface area contributed by atoms with Gasteiger partial charge in [0.1, 0.15) is 5.52 Å². The summed E-state index contributed by atoms with van der Waals surface area (Å²) in [4.78, 5) is 25.8. The number of aromatic carboxylic acids is 1. The molecule has 1 aromatic heterocycles. The Morgan fingerprint density at radius 3 is 2.46 bits per heavy atom. The highest BCUT2D eigenvalue weighted by Gasteiger charge is 2.12. The number of carbonyl (C=O) groups is 1. The van der Waals surface area contributed by atoms with Crippen molar-refractivity contribution in [1.82, 2.24) is 4.98 Å². The number of pyridine rings is 1. The maximum Gasteiger partial charge on any atom is 0.335 e. The van der Waals surface area contributed by atoms with Crippen LogP contribution in [-0.2, 0) is 0 Å². The van der Waals surface area contributed by atoms with Crippen LogP contribution >= 0.6 is 0 Å². The van der Waals surface area contributed by atoms with Crippen molar-refractivity contribution in [2.75, 3.05) is 0 Å². The third-order valence-corrected chi connectivity index (χ3v) is 3.52. The molecule has 0 unspecified atom stereocenters. The normalized spacial score (nSPS) is 11.0. The molecule has 0 radical (unpaired) electrons. The fourth-order valence-corrected chi connectivity index (χ4v) is 2.31. The van der Waals surface area contributed by atoms with E-state index < -0.39 is 10.9 Å². The van der Waals surface area contributed by atoms with E-state index in [1.54, 1.807) is 48.6 Å². The molecule has 24 heavy (non-hydrogen) atoms. The van der Waals surface area contributed by atoms with Crippen molar-refractivity contribution in [1.29, 1.82) is 0 Å². The molecular formula is C18H12N2O4. The van der Waals surface area contributed by atoms with Crippen LogP contribution in [0.25, 0.3) is 23.1 Å². The van der Waals surface area contributed by atoms with E-state index in [0.717, 1.165) is 5.56 Å². The first kappa shape index (κ1) is 15.4. The minimum atomic E-state index is -0.978. The maximum atomic E-state index is 11.1. The zero-order chi connectivity index (χ0) is 17.1. The average Bonchev–Trinajstić information content (AvgIpc) is 2.59. The van der Waals surface area contributed by atoms with Gasteiger partial charge in [-0.25, -0.2) is 9.78 Å². The lowest BCUT2D eigenvalue weighted by molar-refractivity contribution is -0.383. The van der Waals surface area contributed by atoms with Gasteiger partial charge in [0, 0.05) is 11.5 Å². The van der Waals surface area contributed by atoms with Crippen LogP contribution < -0.4 is 0 Å². The number of hydrogen-bond acceptors (Lipinski definition) is 4. The number of nitro benzene ring substituents is 1. The lowest BCUT2D eigenvalue weighted by Crippen LogP contribution is -1.94. The summed E-state index contributed by atoms with van der Waals surface area (Å²) in [5.41, 5.74) is 1.91. The number of fused-ring (bicyclic) bond motifs is 1. The lowest BCUT2D eigenvalue weighted by atomic mass is 10.1. The third kappa shape index (κ3) is 3.12. The fourth-order valence-electron chi connectivity index (χ4n) is 2.31. The fraction of sp³-hybridized carbons (Fsp3) is 0. The van der Waals surface area contributed by atoms with Gasteiger partial charge in [-0.2, -0.15) is 0 Å². The van der Waals surface area contributed by atoms with Gasteiger partial charge < -0.3 is 5.11 Å². The second-order valence-corrected chi connectivity index (χ2v) is 5.10. The number of para-hydroxylation sites is 1. The molecule has 2 aromatic carbocycles. The van der Waals surface area contributed by atoms with Crippen LogP contribution in [0.15, 0.2) is 54.6 Å². The Bertz CT molecular complexity index is 962. The molecule has 0 bridgehead atoms. The molecule has 0 fully saturated rings. The molecular weight excluding hydrogens is 308 g/mol. The number of aromatic nitrogens is 1. The largest absolute Gasteiger partial charge is 0.478 e. The summed E-state index contributed by atoms with van der Waals surface area (Å²) in [5, 5.41) is 20.7. The molecule has 118 valence electrons. The first-order valence-corrected chi connectivity index (χ1v) is 7.10. The summed E-state index contributed by atoms with van der Waals surface area (Å²) in [6, 6.07) is 14.8. The van der Waals surface area contributed by atoms with Crippen LogP contribution in [-0.4, -0.2) is 21.0 Å². The van der Waals surface area contributed by atoms with Gasteiger partial charge in [0.05, 0.1) is 16.2 Å². The number of non-ortho nitro benzene ring substituents is 1. The summed E-state index contributed by atoms with van der Waals surface area (Å²) < 4.78 is 0. The molecule has 0 saturated carbocycles. The third-order valence-electron chi connectivity index (χ3n) is 3.52. The molecule has 0 spiro atoms. The number of hydrogen-bond donors (Lipinski definition) is 1. The van der Waals surface area contributed by atoms with Gasteiger partial charge in [0.25, 0.3) is 5.69 Å². The van der Waals surface area contributed by atoms with Crippen LogP contribution in [0.4, 0.5) is 5.69 Å². The first-order chi connectivity index (χ1) is 11.5. The Hall–Kier alpha value is -3.54. The van der Waals surface area contributed by atoms with Crippen molar-refractivity contribution < 1.29 is 14.8 Å². The second kappa shape index (κ2) is 6.29. The predicted octanol–water partition coefficient (Wildman–Crippen LogP) is 4.01. The second-order valence-electron chi connectivity index (χ2n) is 5.10. The van der Waals surface area contributed by atoms with Crippen molar-refractivity contribution >= 4 is 34.7 Å². The summed E-state index contributed by atoms with van der Waals surface area (Å²) in [7, 11) is 0. The van der Waals surface area contributed by atoms with Gasteiger partial charge in [-0.1, -0.05) is 36.4 Å². The zero-order valence-electron chi connectivity index (χ0n) is 12.4. The Kier molecular flexibility index (Phi) is 4.03. The molecule has 6 heteroatoms. The molecule has 3 aromatic rings. The molecule has 0 aliphatic rings. The van der Waals surface area contributed by atoms with Gasteiger partial charge in [-0.3, -0.25) is 10.1 Å². The standard InChI is InChI=1S/C18H12N2O4/c21-18(22)14-7-4-12(5-8-14)6-10-15-11-9-13-2-1-3-16(20(23)24)17(13)19-15/h1-11H,(H,21,22). The highest BCUT2D eigenvalue weighted by molar-refractivity contribution is 5.89. The quantitative estimate of drug-likeness (QED) is 0.579. The highest BCUT2D eigenvalue weighted by atomic mass is 16.6. The predicted molar refractivity (Wildman–Crippen MR) is 90.7 cm³/mol. The minimum Gasteiger partial charge on any atom is -0.478 e. The smallest absolute Gasteiger partial charge is 0.335 e. The van der Waals surface area contributed by atoms with Crippen LogP contribution in [0.2, 0.25) is 0 Å². The van der Waals surface area contributed by atoms with Gasteiger partial charge in [0.2, 0.25) is 0 Å². The van der Waals surface area contributed by atoms with Gasteiger partial charge >= 0.3 is 5.97 Å². The summed E-state index contributed by atoms with van der Waals surface area (Å²) in [6.07, 6.45) is 3.50. The van der Waals surface area contributed by atoms with Gasteiger partial charge in [-0.05, 0) is 29.8 Å². The number of rotatable bonds is 4. The molecule has 0 aliphatic carbocycles. The molecule has 1 heterocycles. The van der Waals surface area contributed by atoms with Crippen LogP contribution in [0.5, 0.6) is 0 Å². The molecule has 1 N–H and O–H groups in total. The number of nitrogens with zero attached hydrogens (tertiary/aromatic N) is 2. The monoisotopic (exact) mass is 320 g/mol. The molecule has 0 saturated heterocycles. The number of carboxylic acids is 1. The van der Waals surface area contributed by atoms with Crippen molar-refractivity contribution in [2.45, 2.75) is 0 Å². The van der Waals surface area contributed by atoms with E-state index in [0.29, 0.717) is 16.6 Å². The molecule has 6 nitrogen and oxygen atoms in total. The van der Waals surface area contributed by atoms with Crippen molar-refractivity contribution in [2.24, 2.45) is 0 Å². The summed E-state index contributed by atoms with van der Waals surface area (Å²) in [5.74, 6) is -0.978. The van der Waals surface area contributed by atoms with Gasteiger partial charge in [0.15, 0.2) is 0 Å². The Balaban J connectivity index is 1.93. The number of carboxylic acid groups (broad SMARTS) is 1. The SMILES string of the molecule is O=C(O)c1ccc(C=Cc2ccc3cccc([N+](=O)[O-])c3n2)cc1. The van der Waals surface area contributed by atoms with E-state index in [4.69, 9.17) is 5.11 Å². The molecule has 0 amide bonds. The Labute approximate surface area is 136 Å². The Morgan fingerprint density at radius 1 is 1.04 bits per heavy atom. The summed E-state index contributed by atoms with van der Waals surface area (Å²) in [6.45, 7) is 0. The molecule has 0 aliphatic heterocycles. The van der Waals surface area contributed by atoms with E-state index in [1.165, 1.54) is 18.2 Å². The van der Waals surface area contributed by atoms with Crippen molar-refractivity contribution in [3.05, 3.63) is 81.5 Å². The maximum absolute atomic E-state index is 11.1. The minimum absolute atomic E-state index is 0.0337. The topological polar surface area (TPSA) is 93.3 Å². The average molecular weight is 320 g/mol. The lowest BCUT2D eigenvalue weighted by Gasteiger charge is -2.00. The van der Waals surface area contributed by atoms with Crippen LogP contribution in [0.1, 0.15) is 21.6 Å². The van der Waals surface area contributed by atoms with E-state index in [9.17, 15) is 14.9 Å². The molecule has 3 rings (SSSR count). The first-order valence-electron chi connectivity index (χ1n) is 7.10. The zero-order valence-corrected chi connectivity index (χ0v) is 12.4. The number of nitro groups is 1. The van der Waals surface area contributed by atoms with E-state index in [-0.39, 0.29) is 11.3 Å². The van der Waals surface area contributed by atoms with E-state index >= 15 is 0 Å². The highest BCUT2D eigenvalue weighted by Crippen LogP contribution is 2.24. The summed E-state index contributed by atoms with van der Waals surface area (Å²) >= 11 is 0. The Morgan fingerprint density at radius 2 is 1.79 bits per heavy atom. The van der Waals surface area contributed by atoms with Crippen LogP contribution in [0, 0.1) is 10.1 Å². The van der Waals surface area contributed by atoms with E-state index in [2.05, 4.69) is 4.98 Å². The van der Waals surface area contributed by atoms with Crippen molar-refractivity contribution in [3.8, 4) is 0 Å². The van der Waals surface area contributed by atoms with Crippen LogP contribution in [0.3, 0.4) is 0 Å². The van der Waals surface area contributed by atoms with Crippen molar-refractivity contribution in [3.63, 3.8) is 0 Å². The number of benzene rings is 2.